The predicted octanol–water partition coefficient (Wildman–Crippen LogP) is 1.93. The molecule has 26 heavy (non-hydrogen) atoms. The Morgan fingerprint density at radius 2 is 1.92 bits per heavy atom. The van der Waals surface area contributed by atoms with Gasteiger partial charge in [0.2, 0.25) is 17.6 Å². The Morgan fingerprint density at radius 3 is 2.62 bits per heavy atom. The number of carbonyl (C=O) groups is 2. The second-order valence-corrected chi connectivity index (χ2v) is 5.85. The summed E-state index contributed by atoms with van der Waals surface area (Å²) < 4.78 is 5.31. The zero-order chi connectivity index (χ0) is 18.5. The molecule has 0 aliphatic carbocycles. The van der Waals surface area contributed by atoms with E-state index >= 15 is 0 Å². The lowest BCUT2D eigenvalue weighted by Gasteiger charge is -2.25. The average molecular weight is 355 g/mol. The van der Waals surface area contributed by atoms with E-state index in [-0.39, 0.29) is 30.7 Å². The van der Waals surface area contributed by atoms with Crippen molar-refractivity contribution in [3.05, 3.63) is 36.2 Å². The number of hydrazone groups is 1. The molecule has 0 fully saturated rings. The van der Waals surface area contributed by atoms with Crippen molar-refractivity contribution in [1.82, 2.24) is 20.0 Å². The molecule has 136 valence electrons. The van der Waals surface area contributed by atoms with Crippen LogP contribution in [-0.4, -0.2) is 57.2 Å². The minimum Gasteiger partial charge on any atom is -0.342 e. The third-order valence-corrected chi connectivity index (χ3v) is 4.21. The third-order valence-electron chi connectivity index (χ3n) is 4.21. The molecule has 0 spiro atoms. The maximum atomic E-state index is 12.3. The summed E-state index contributed by atoms with van der Waals surface area (Å²) >= 11 is 0. The lowest BCUT2D eigenvalue weighted by Crippen LogP contribution is -2.42. The van der Waals surface area contributed by atoms with Crippen LogP contribution in [0.5, 0.6) is 0 Å². The van der Waals surface area contributed by atoms with Gasteiger partial charge in [0.1, 0.15) is 12.3 Å². The highest BCUT2D eigenvalue weighted by molar-refractivity contribution is 6.01. The molecular weight excluding hydrogens is 334 g/mol. The van der Waals surface area contributed by atoms with Gasteiger partial charge in [-0.25, -0.2) is 5.01 Å². The highest BCUT2D eigenvalue weighted by atomic mass is 16.5. The summed E-state index contributed by atoms with van der Waals surface area (Å²) in [4.78, 5) is 30.4. The molecular formula is C18H21N5O3. The van der Waals surface area contributed by atoms with Crippen LogP contribution in [0.15, 0.2) is 40.0 Å². The zero-order valence-electron chi connectivity index (χ0n) is 14.9. The molecule has 0 N–H and O–H groups in total. The number of amides is 2. The molecule has 0 saturated carbocycles. The number of hydrogen-bond donors (Lipinski definition) is 0. The molecule has 0 atom stereocenters. The predicted molar refractivity (Wildman–Crippen MR) is 95.1 cm³/mol. The van der Waals surface area contributed by atoms with Crippen molar-refractivity contribution >= 4 is 17.5 Å². The summed E-state index contributed by atoms with van der Waals surface area (Å²) in [6.45, 7) is 4.91. The van der Waals surface area contributed by atoms with E-state index in [4.69, 9.17) is 4.52 Å². The van der Waals surface area contributed by atoms with Crippen LogP contribution in [0.3, 0.4) is 0 Å². The molecule has 0 saturated heterocycles. The molecule has 8 nitrogen and oxygen atoms in total. The van der Waals surface area contributed by atoms with E-state index in [1.807, 2.05) is 44.2 Å². The van der Waals surface area contributed by atoms with Crippen LogP contribution in [0.4, 0.5) is 0 Å². The van der Waals surface area contributed by atoms with Crippen molar-refractivity contribution in [2.75, 3.05) is 19.6 Å². The van der Waals surface area contributed by atoms with Crippen LogP contribution in [0, 0.1) is 0 Å². The quantitative estimate of drug-likeness (QED) is 0.789. The molecule has 0 bridgehead atoms. The Balaban J connectivity index is 1.79. The molecule has 0 unspecified atom stereocenters. The summed E-state index contributed by atoms with van der Waals surface area (Å²) in [6, 6.07) is 9.46. The molecule has 1 aromatic heterocycles. The van der Waals surface area contributed by atoms with Crippen molar-refractivity contribution in [1.29, 1.82) is 0 Å². The van der Waals surface area contributed by atoms with Gasteiger partial charge in [0, 0.05) is 31.5 Å². The number of nitrogens with zero attached hydrogens (tertiary/aromatic N) is 5. The lowest BCUT2D eigenvalue weighted by atomic mass is 10.1. The minimum absolute atomic E-state index is 0.0797. The van der Waals surface area contributed by atoms with Gasteiger partial charge >= 0.3 is 0 Å². The van der Waals surface area contributed by atoms with Crippen LogP contribution < -0.4 is 0 Å². The molecule has 1 aliphatic heterocycles. The molecule has 1 aromatic carbocycles. The first kappa shape index (κ1) is 17.8. The van der Waals surface area contributed by atoms with E-state index in [1.165, 1.54) is 5.01 Å². The first-order valence-electron chi connectivity index (χ1n) is 8.67. The van der Waals surface area contributed by atoms with Crippen LogP contribution in [-0.2, 0) is 9.59 Å². The van der Waals surface area contributed by atoms with Crippen molar-refractivity contribution in [3.8, 4) is 11.4 Å². The summed E-state index contributed by atoms with van der Waals surface area (Å²) in [5.74, 6) is 0.420. The Labute approximate surface area is 151 Å². The van der Waals surface area contributed by atoms with Crippen LogP contribution >= 0.6 is 0 Å². The Kier molecular flexibility index (Phi) is 5.40. The standard InChI is InChI=1S/C18H21N5O3/c1-3-22(4-2)16(25)12-23-15(24)11-10-14(20-23)18-19-17(21-26-18)13-8-6-5-7-9-13/h5-9H,3-4,10-12H2,1-2H3. The van der Waals surface area contributed by atoms with Crippen LogP contribution in [0.1, 0.15) is 32.6 Å². The van der Waals surface area contributed by atoms with Crippen molar-refractivity contribution in [2.24, 2.45) is 5.10 Å². The fourth-order valence-corrected chi connectivity index (χ4v) is 2.73. The molecule has 2 amide bonds. The summed E-state index contributed by atoms with van der Waals surface area (Å²) in [6.07, 6.45) is 0.665. The highest BCUT2D eigenvalue weighted by Crippen LogP contribution is 2.18. The smallest absolute Gasteiger partial charge is 0.274 e. The molecule has 1 aliphatic rings. The maximum absolute atomic E-state index is 12.3. The topological polar surface area (TPSA) is 91.9 Å². The first-order chi connectivity index (χ1) is 12.6. The van der Waals surface area contributed by atoms with Gasteiger partial charge in [-0.2, -0.15) is 10.1 Å². The maximum Gasteiger partial charge on any atom is 0.274 e. The van der Waals surface area contributed by atoms with E-state index in [1.54, 1.807) is 4.90 Å². The SMILES string of the molecule is CCN(CC)C(=O)CN1N=C(c2nc(-c3ccccc3)no2)CCC1=O. The summed E-state index contributed by atoms with van der Waals surface area (Å²) in [5, 5.41) is 9.46. The average Bonchev–Trinajstić information content (AvgIpc) is 3.15. The number of benzene rings is 1. The van der Waals surface area contributed by atoms with Gasteiger partial charge in [0.25, 0.3) is 5.89 Å². The summed E-state index contributed by atoms with van der Waals surface area (Å²) in [5.41, 5.74) is 1.36. The van der Waals surface area contributed by atoms with Gasteiger partial charge in [-0.1, -0.05) is 35.5 Å². The second-order valence-electron chi connectivity index (χ2n) is 5.85. The summed E-state index contributed by atoms with van der Waals surface area (Å²) in [7, 11) is 0. The number of likely N-dealkylation sites (N-methyl/N-ethyl adjacent to an activating group) is 1. The fraction of sp³-hybridized carbons (Fsp3) is 0.389. The van der Waals surface area contributed by atoms with Crippen molar-refractivity contribution < 1.29 is 14.1 Å². The third kappa shape index (κ3) is 3.79. The number of carbonyl (C=O) groups excluding carboxylic acids is 2. The first-order valence-corrected chi connectivity index (χ1v) is 8.67. The van der Waals surface area contributed by atoms with Crippen molar-refractivity contribution in [3.63, 3.8) is 0 Å². The van der Waals surface area contributed by atoms with E-state index in [0.29, 0.717) is 31.0 Å². The molecule has 2 aromatic rings. The van der Waals surface area contributed by atoms with Crippen molar-refractivity contribution in [2.45, 2.75) is 26.7 Å². The van der Waals surface area contributed by atoms with Gasteiger partial charge in [-0.3, -0.25) is 9.59 Å². The molecule has 0 radical (unpaired) electrons. The van der Waals surface area contributed by atoms with E-state index in [2.05, 4.69) is 15.2 Å². The fourth-order valence-electron chi connectivity index (χ4n) is 2.73. The van der Waals surface area contributed by atoms with Crippen LogP contribution in [0.2, 0.25) is 0 Å². The van der Waals surface area contributed by atoms with Gasteiger partial charge in [0.15, 0.2) is 0 Å². The molecule has 3 rings (SSSR count). The monoisotopic (exact) mass is 355 g/mol. The second kappa shape index (κ2) is 7.90. The van der Waals surface area contributed by atoms with Crippen LogP contribution in [0.25, 0.3) is 11.4 Å². The van der Waals surface area contributed by atoms with E-state index in [9.17, 15) is 9.59 Å². The van der Waals surface area contributed by atoms with Gasteiger partial charge in [-0.15, -0.1) is 0 Å². The number of aromatic nitrogens is 2. The van der Waals surface area contributed by atoms with Gasteiger partial charge in [-0.05, 0) is 13.8 Å². The largest absolute Gasteiger partial charge is 0.342 e. The number of rotatable bonds is 6. The molecule has 8 heteroatoms. The Bertz CT molecular complexity index is 811. The lowest BCUT2D eigenvalue weighted by molar-refractivity contribution is -0.140. The van der Waals surface area contributed by atoms with Gasteiger partial charge < -0.3 is 9.42 Å². The van der Waals surface area contributed by atoms with E-state index < -0.39 is 0 Å². The Hall–Kier alpha value is -3.03. The number of hydrogen-bond acceptors (Lipinski definition) is 6. The van der Waals surface area contributed by atoms with E-state index in [0.717, 1.165) is 5.56 Å². The van der Waals surface area contributed by atoms with Gasteiger partial charge in [0.05, 0.1) is 0 Å². The normalized spacial score (nSPS) is 14.3. The minimum atomic E-state index is -0.183. The Morgan fingerprint density at radius 1 is 1.19 bits per heavy atom. The molecule has 2 heterocycles. The zero-order valence-corrected chi connectivity index (χ0v) is 14.9. The highest BCUT2D eigenvalue weighted by Gasteiger charge is 2.27.